The van der Waals surface area contributed by atoms with E-state index in [0.29, 0.717) is 30.5 Å². The largest absolute Gasteiger partial charge is 0.491 e. The van der Waals surface area contributed by atoms with E-state index in [1.807, 2.05) is 24.3 Å². The average molecular weight is 267 g/mol. The molecule has 20 heavy (non-hydrogen) atoms. The lowest BCUT2D eigenvalue weighted by molar-refractivity contribution is 0.0982. The van der Waals surface area contributed by atoms with E-state index >= 15 is 0 Å². The van der Waals surface area contributed by atoms with Crippen molar-refractivity contribution in [2.75, 3.05) is 0 Å². The highest BCUT2D eigenvalue weighted by Crippen LogP contribution is 2.13. The van der Waals surface area contributed by atoms with Crippen molar-refractivity contribution in [1.82, 2.24) is 4.98 Å². The van der Waals surface area contributed by atoms with E-state index in [4.69, 9.17) is 4.65 Å². The minimum Gasteiger partial charge on any atom is -0.423 e. The molecule has 5 heteroatoms. The Morgan fingerprint density at radius 1 is 1.35 bits per heavy atom. The molecule has 4 nitrogen and oxygen atoms in total. The molecule has 0 unspecified atom stereocenters. The Kier molecular flexibility index (Phi) is 3.63. The lowest BCUT2D eigenvalue weighted by Gasteiger charge is -2.04. The lowest BCUT2D eigenvalue weighted by atomic mass is 9.78. The fourth-order valence-electron chi connectivity index (χ4n) is 2.32. The zero-order valence-corrected chi connectivity index (χ0v) is 11.0. The zero-order valence-electron chi connectivity index (χ0n) is 11.0. The summed E-state index contributed by atoms with van der Waals surface area (Å²) in [7, 11) is -0.909. The van der Waals surface area contributed by atoms with Gasteiger partial charge in [-0.1, -0.05) is 24.3 Å². The molecule has 0 saturated heterocycles. The van der Waals surface area contributed by atoms with Gasteiger partial charge in [0, 0.05) is 23.9 Å². The average Bonchev–Trinajstić information content (AvgIpc) is 2.87. The first-order valence-electron chi connectivity index (χ1n) is 6.59. The highest BCUT2D eigenvalue weighted by Gasteiger charge is 2.27. The molecule has 0 aliphatic carbocycles. The number of hydrogen-bond donors (Lipinski definition) is 1. The smallest absolute Gasteiger partial charge is 0.423 e. The van der Waals surface area contributed by atoms with Crippen LogP contribution in [0.1, 0.15) is 28.0 Å². The second-order valence-electron chi connectivity index (χ2n) is 4.82. The first-order chi connectivity index (χ1) is 9.74. The van der Waals surface area contributed by atoms with Crippen LogP contribution in [-0.4, -0.2) is 22.9 Å². The predicted octanol–water partition coefficient (Wildman–Crippen LogP) is 1.11. The fraction of sp³-hybridized carbons (Fsp3) is 0.200. The van der Waals surface area contributed by atoms with Gasteiger partial charge in [0.05, 0.1) is 6.61 Å². The Balaban J connectivity index is 1.70. The molecule has 2 heterocycles. The van der Waals surface area contributed by atoms with E-state index in [9.17, 15) is 9.82 Å². The second kappa shape index (κ2) is 5.57. The van der Waals surface area contributed by atoms with Crippen LogP contribution in [0.15, 0.2) is 42.6 Å². The standard InChI is InChI=1S/C15H14BNO3/c18-15(7-6-13-3-1-2-8-17-13)11-4-5-12-10-20-16(19)14(12)9-11/h1-5,8-9,19H,6-7,10H2. The number of fused-ring (bicyclic) bond motifs is 1. The van der Waals surface area contributed by atoms with Crippen LogP contribution >= 0.6 is 0 Å². The molecule has 1 aromatic carbocycles. The van der Waals surface area contributed by atoms with E-state index < -0.39 is 7.12 Å². The summed E-state index contributed by atoms with van der Waals surface area (Å²) < 4.78 is 5.12. The van der Waals surface area contributed by atoms with Crippen molar-refractivity contribution in [3.63, 3.8) is 0 Å². The quantitative estimate of drug-likeness (QED) is 0.666. The van der Waals surface area contributed by atoms with Crippen LogP contribution in [-0.2, 0) is 17.7 Å². The molecule has 2 aromatic rings. The van der Waals surface area contributed by atoms with E-state index in [-0.39, 0.29) is 5.78 Å². The van der Waals surface area contributed by atoms with Gasteiger partial charge in [0.15, 0.2) is 5.78 Å². The summed E-state index contributed by atoms with van der Waals surface area (Å²) in [6.45, 7) is 0.402. The molecular formula is C15H14BNO3. The van der Waals surface area contributed by atoms with Crippen LogP contribution in [0.25, 0.3) is 0 Å². The summed E-state index contributed by atoms with van der Waals surface area (Å²) in [4.78, 5) is 16.4. The Morgan fingerprint density at radius 2 is 2.25 bits per heavy atom. The van der Waals surface area contributed by atoms with Gasteiger partial charge in [-0.2, -0.15) is 0 Å². The molecular weight excluding hydrogens is 253 g/mol. The summed E-state index contributed by atoms with van der Waals surface area (Å²) in [6, 6.07) is 11.0. The van der Waals surface area contributed by atoms with Gasteiger partial charge >= 0.3 is 7.12 Å². The number of carbonyl (C=O) groups excluding carboxylic acids is 1. The summed E-state index contributed by atoms with van der Waals surface area (Å²) in [5.74, 6) is 0.0533. The van der Waals surface area contributed by atoms with E-state index in [0.717, 1.165) is 11.3 Å². The van der Waals surface area contributed by atoms with Gasteiger partial charge in [-0.25, -0.2) is 0 Å². The number of hydrogen-bond acceptors (Lipinski definition) is 4. The maximum Gasteiger partial charge on any atom is 0.491 e. The number of benzene rings is 1. The molecule has 1 aliphatic rings. The number of carbonyl (C=O) groups is 1. The van der Waals surface area contributed by atoms with Gasteiger partial charge in [-0.05, 0) is 29.6 Å². The number of pyridine rings is 1. The van der Waals surface area contributed by atoms with Crippen LogP contribution < -0.4 is 5.46 Å². The Morgan fingerprint density at radius 3 is 3.05 bits per heavy atom. The minimum absolute atomic E-state index is 0.0533. The molecule has 100 valence electrons. The van der Waals surface area contributed by atoms with Crippen LogP contribution in [0, 0.1) is 0 Å². The predicted molar refractivity (Wildman–Crippen MR) is 75.7 cm³/mol. The third-order valence-electron chi connectivity index (χ3n) is 3.46. The summed E-state index contributed by atoms with van der Waals surface area (Å²) in [5, 5.41) is 9.65. The van der Waals surface area contributed by atoms with Crippen molar-refractivity contribution in [2.24, 2.45) is 0 Å². The summed E-state index contributed by atoms with van der Waals surface area (Å²) in [6.07, 6.45) is 2.76. The van der Waals surface area contributed by atoms with Gasteiger partial charge < -0.3 is 9.68 Å². The fourth-order valence-corrected chi connectivity index (χ4v) is 2.32. The second-order valence-corrected chi connectivity index (χ2v) is 4.82. The van der Waals surface area contributed by atoms with Crippen LogP contribution in [0.2, 0.25) is 0 Å². The van der Waals surface area contributed by atoms with Crippen LogP contribution in [0.5, 0.6) is 0 Å². The van der Waals surface area contributed by atoms with Gasteiger partial charge in [-0.3, -0.25) is 9.78 Å². The van der Waals surface area contributed by atoms with Gasteiger partial charge in [-0.15, -0.1) is 0 Å². The normalized spacial score (nSPS) is 13.3. The SMILES string of the molecule is O=C(CCc1ccccn1)c1ccc2c(c1)B(O)OC2. The van der Waals surface area contributed by atoms with Crippen molar-refractivity contribution in [3.05, 3.63) is 59.4 Å². The first kappa shape index (κ1) is 13.0. The Hall–Kier alpha value is -1.98. The topological polar surface area (TPSA) is 59.4 Å². The molecule has 0 bridgehead atoms. The maximum atomic E-state index is 12.2. The molecule has 1 aromatic heterocycles. The molecule has 0 atom stereocenters. The van der Waals surface area contributed by atoms with E-state index in [2.05, 4.69) is 4.98 Å². The van der Waals surface area contributed by atoms with Crippen molar-refractivity contribution in [3.8, 4) is 0 Å². The summed E-state index contributed by atoms with van der Waals surface area (Å²) >= 11 is 0. The molecule has 1 aliphatic heterocycles. The van der Waals surface area contributed by atoms with Gasteiger partial charge in [0.2, 0.25) is 0 Å². The molecule has 0 saturated carbocycles. The maximum absolute atomic E-state index is 12.2. The molecule has 0 fully saturated rings. The molecule has 0 radical (unpaired) electrons. The highest BCUT2D eigenvalue weighted by atomic mass is 16.5. The highest BCUT2D eigenvalue weighted by molar-refractivity contribution is 6.61. The van der Waals surface area contributed by atoms with Crippen LogP contribution in [0.3, 0.4) is 0 Å². The number of Topliss-reactive ketones (excluding diaryl/α,β-unsaturated/α-hetero) is 1. The monoisotopic (exact) mass is 267 g/mol. The number of aryl methyl sites for hydroxylation is 1. The molecule has 1 N–H and O–H groups in total. The van der Waals surface area contributed by atoms with Gasteiger partial charge in [0.25, 0.3) is 0 Å². The molecule has 0 amide bonds. The first-order valence-corrected chi connectivity index (χ1v) is 6.59. The van der Waals surface area contributed by atoms with Crippen molar-refractivity contribution >= 4 is 18.4 Å². The number of aromatic nitrogens is 1. The van der Waals surface area contributed by atoms with Crippen LogP contribution in [0.4, 0.5) is 0 Å². The summed E-state index contributed by atoms with van der Waals surface area (Å²) in [5.41, 5.74) is 3.17. The number of ketones is 1. The Bertz CT molecular complexity index is 630. The van der Waals surface area contributed by atoms with Gasteiger partial charge in [0.1, 0.15) is 0 Å². The van der Waals surface area contributed by atoms with E-state index in [1.54, 1.807) is 18.3 Å². The molecule has 3 rings (SSSR count). The van der Waals surface area contributed by atoms with Crippen molar-refractivity contribution in [1.29, 1.82) is 0 Å². The van der Waals surface area contributed by atoms with E-state index in [1.165, 1.54) is 0 Å². The zero-order chi connectivity index (χ0) is 13.9. The lowest BCUT2D eigenvalue weighted by Crippen LogP contribution is -2.28. The van der Waals surface area contributed by atoms with Crippen molar-refractivity contribution < 1.29 is 14.5 Å². The third kappa shape index (κ3) is 2.64. The third-order valence-corrected chi connectivity index (χ3v) is 3.46. The van der Waals surface area contributed by atoms with Crippen molar-refractivity contribution in [2.45, 2.75) is 19.4 Å². The Labute approximate surface area is 117 Å². The number of rotatable bonds is 4. The molecule has 0 spiro atoms. The number of nitrogens with zero attached hydrogens (tertiary/aromatic N) is 1. The minimum atomic E-state index is -0.909.